The standard InChI is InChI=1S/C16H16F3IN4O3/c1-21-14-9(16(17,18)19)7-22-15(24-14)23-10-6-11(26-2)8(5-13(20)25)4-12(10)27-3/h4,6-7H,5H2,1-3H3,(H2,21,22,23,24). The van der Waals surface area contributed by atoms with Gasteiger partial charge in [-0.25, -0.2) is 4.98 Å². The Morgan fingerprint density at radius 1 is 1.22 bits per heavy atom. The van der Waals surface area contributed by atoms with Crippen LogP contribution in [0.25, 0.3) is 0 Å². The van der Waals surface area contributed by atoms with Gasteiger partial charge >= 0.3 is 6.18 Å². The van der Waals surface area contributed by atoms with Gasteiger partial charge in [-0.15, -0.1) is 0 Å². The van der Waals surface area contributed by atoms with E-state index in [2.05, 4.69) is 20.6 Å². The minimum atomic E-state index is -4.58. The Bertz CT molecular complexity index is 846. The molecule has 0 amide bonds. The smallest absolute Gasteiger partial charge is 0.421 e. The highest BCUT2D eigenvalue weighted by atomic mass is 127. The number of carbonyl (C=O) groups excluding carboxylic acids is 1. The van der Waals surface area contributed by atoms with Gasteiger partial charge in [0.1, 0.15) is 22.9 Å². The van der Waals surface area contributed by atoms with Gasteiger partial charge in [0.2, 0.25) is 5.95 Å². The second-order valence-electron chi connectivity index (χ2n) is 5.22. The van der Waals surface area contributed by atoms with Gasteiger partial charge in [-0.2, -0.15) is 18.2 Å². The molecule has 27 heavy (non-hydrogen) atoms. The number of halogens is 4. The van der Waals surface area contributed by atoms with E-state index in [4.69, 9.17) is 9.47 Å². The molecule has 2 aromatic rings. The first-order valence-corrected chi connectivity index (χ1v) is 8.59. The van der Waals surface area contributed by atoms with Crippen molar-refractivity contribution in [3.8, 4) is 11.5 Å². The van der Waals surface area contributed by atoms with Crippen LogP contribution < -0.4 is 20.1 Å². The lowest BCUT2D eigenvalue weighted by Gasteiger charge is -2.16. The van der Waals surface area contributed by atoms with Gasteiger partial charge in [-0.3, -0.25) is 4.79 Å². The number of nitrogens with one attached hydrogen (secondary N) is 2. The third kappa shape index (κ3) is 5.11. The monoisotopic (exact) mass is 496 g/mol. The highest BCUT2D eigenvalue weighted by Gasteiger charge is 2.35. The maximum absolute atomic E-state index is 13.0. The number of aromatic nitrogens is 2. The summed E-state index contributed by atoms with van der Waals surface area (Å²) in [5.41, 5.74) is 0.0142. The van der Waals surface area contributed by atoms with Crippen LogP contribution >= 0.6 is 22.6 Å². The molecule has 0 aliphatic rings. The Labute approximate surface area is 166 Å². The SMILES string of the molecule is CNc1nc(Nc2cc(OC)c(CC(=O)I)cc2OC)ncc1C(F)(F)F. The van der Waals surface area contributed by atoms with E-state index in [9.17, 15) is 18.0 Å². The predicted molar refractivity (Wildman–Crippen MR) is 102 cm³/mol. The molecule has 0 aliphatic heterocycles. The number of nitrogens with zero attached hydrogens (tertiary/aromatic N) is 2. The van der Waals surface area contributed by atoms with Gasteiger partial charge in [0.05, 0.1) is 19.9 Å². The topological polar surface area (TPSA) is 85.4 Å². The number of alkyl halides is 3. The second kappa shape index (κ2) is 8.59. The number of methoxy groups -OCH3 is 2. The molecule has 0 aliphatic carbocycles. The summed E-state index contributed by atoms with van der Waals surface area (Å²) in [6.07, 6.45) is -3.75. The first kappa shape index (κ1) is 21.0. The Morgan fingerprint density at radius 3 is 2.41 bits per heavy atom. The van der Waals surface area contributed by atoms with Crippen LogP contribution in [0.5, 0.6) is 11.5 Å². The minimum absolute atomic E-state index is 0.0644. The molecule has 146 valence electrons. The number of hydrogen-bond acceptors (Lipinski definition) is 7. The zero-order chi connectivity index (χ0) is 20.2. The van der Waals surface area contributed by atoms with Crippen molar-refractivity contribution in [3.05, 3.63) is 29.5 Å². The molecule has 11 heteroatoms. The Morgan fingerprint density at radius 2 is 1.89 bits per heavy atom. The molecular weight excluding hydrogens is 480 g/mol. The van der Waals surface area contributed by atoms with E-state index in [0.717, 1.165) is 0 Å². The predicted octanol–water partition coefficient (Wildman–Crippen LogP) is 3.80. The lowest BCUT2D eigenvalue weighted by Crippen LogP contribution is -2.12. The van der Waals surface area contributed by atoms with Crippen molar-refractivity contribution in [2.45, 2.75) is 12.6 Å². The zero-order valence-corrected chi connectivity index (χ0v) is 16.7. The van der Waals surface area contributed by atoms with Crippen molar-refractivity contribution in [2.75, 3.05) is 31.9 Å². The van der Waals surface area contributed by atoms with E-state index in [0.29, 0.717) is 28.9 Å². The summed E-state index contributed by atoms with van der Waals surface area (Å²) in [5, 5.41) is 5.22. The molecule has 1 aromatic carbocycles. The van der Waals surface area contributed by atoms with E-state index < -0.39 is 11.7 Å². The lowest BCUT2D eigenvalue weighted by molar-refractivity contribution is -0.137. The van der Waals surface area contributed by atoms with Crippen molar-refractivity contribution in [3.63, 3.8) is 0 Å². The molecule has 0 radical (unpaired) electrons. The van der Waals surface area contributed by atoms with Crippen molar-refractivity contribution >= 4 is 43.8 Å². The van der Waals surface area contributed by atoms with Gasteiger partial charge in [0, 0.05) is 31.3 Å². The molecule has 0 spiro atoms. The maximum atomic E-state index is 13.0. The molecule has 0 atom stereocenters. The van der Waals surface area contributed by atoms with Crippen molar-refractivity contribution < 1.29 is 27.4 Å². The zero-order valence-electron chi connectivity index (χ0n) is 14.6. The van der Waals surface area contributed by atoms with Crippen molar-refractivity contribution in [1.82, 2.24) is 9.97 Å². The summed E-state index contributed by atoms with van der Waals surface area (Å²) in [4.78, 5) is 19.0. The molecule has 2 rings (SSSR count). The molecule has 0 saturated carbocycles. The fraction of sp³-hybridized carbons (Fsp3) is 0.312. The molecular formula is C16H16F3IN4O3. The van der Waals surface area contributed by atoms with Gasteiger partial charge in [0.15, 0.2) is 3.79 Å². The highest BCUT2D eigenvalue weighted by molar-refractivity contribution is 14.1. The Balaban J connectivity index is 2.43. The van der Waals surface area contributed by atoms with Crippen molar-refractivity contribution in [2.24, 2.45) is 0 Å². The lowest BCUT2D eigenvalue weighted by atomic mass is 10.1. The molecule has 0 saturated heterocycles. The normalized spacial score (nSPS) is 11.1. The van der Waals surface area contributed by atoms with Crippen LogP contribution in [-0.4, -0.2) is 35.0 Å². The fourth-order valence-electron chi connectivity index (χ4n) is 2.31. The quantitative estimate of drug-likeness (QED) is 0.446. The molecule has 0 bridgehead atoms. The van der Waals surface area contributed by atoms with Gasteiger partial charge in [0.25, 0.3) is 0 Å². The highest BCUT2D eigenvalue weighted by Crippen LogP contribution is 2.37. The number of carbonyl (C=O) groups is 1. The van der Waals surface area contributed by atoms with Gasteiger partial charge < -0.3 is 20.1 Å². The molecule has 0 fully saturated rings. The largest absolute Gasteiger partial charge is 0.496 e. The third-order valence-electron chi connectivity index (χ3n) is 3.51. The number of hydrogen-bond donors (Lipinski definition) is 2. The van der Waals surface area contributed by atoms with Crippen LogP contribution in [0, 0.1) is 0 Å². The Hall–Kier alpha value is -2.31. The number of rotatable bonds is 7. The molecule has 7 nitrogen and oxygen atoms in total. The van der Waals surface area contributed by atoms with Gasteiger partial charge in [-0.1, -0.05) is 0 Å². The van der Waals surface area contributed by atoms with Gasteiger partial charge in [-0.05, 0) is 28.7 Å². The third-order valence-corrected chi connectivity index (χ3v) is 3.89. The summed E-state index contributed by atoms with van der Waals surface area (Å²) in [5.74, 6) is 0.352. The first-order chi connectivity index (χ1) is 12.7. The second-order valence-corrected chi connectivity index (χ2v) is 6.43. The summed E-state index contributed by atoms with van der Waals surface area (Å²) >= 11 is 1.68. The number of ether oxygens (including phenoxy) is 2. The summed E-state index contributed by atoms with van der Waals surface area (Å²) in [7, 11) is 4.20. The van der Waals surface area contributed by atoms with Crippen LogP contribution in [0.4, 0.5) is 30.6 Å². The van der Waals surface area contributed by atoms with E-state index in [1.165, 1.54) is 21.3 Å². The average Bonchev–Trinajstić information content (AvgIpc) is 2.60. The number of benzene rings is 1. The molecule has 1 aromatic heterocycles. The minimum Gasteiger partial charge on any atom is -0.496 e. The van der Waals surface area contributed by atoms with Crippen LogP contribution in [0.2, 0.25) is 0 Å². The van der Waals surface area contributed by atoms with E-state index >= 15 is 0 Å². The fourth-order valence-corrected chi connectivity index (χ4v) is 2.72. The molecule has 0 unspecified atom stereocenters. The summed E-state index contributed by atoms with van der Waals surface area (Å²) in [6, 6.07) is 3.18. The average molecular weight is 496 g/mol. The van der Waals surface area contributed by atoms with Crippen LogP contribution in [-0.2, 0) is 17.4 Å². The maximum Gasteiger partial charge on any atom is 0.421 e. The molecule has 1 heterocycles. The van der Waals surface area contributed by atoms with Crippen LogP contribution in [0.15, 0.2) is 18.3 Å². The van der Waals surface area contributed by atoms with Crippen LogP contribution in [0.3, 0.4) is 0 Å². The summed E-state index contributed by atoms with van der Waals surface area (Å²) in [6.45, 7) is 0. The van der Waals surface area contributed by atoms with E-state index in [-0.39, 0.29) is 22.0 Å². The Kier molecular flexibility index (Phi) is 6.68. The van der Waals surface area contributed by atoms with E-state index in [1.54, 1.807) is 34.7 Å². The van der Waals surface area contributed by atoms with E-state index in [1.807, 2.05) is 0 Å². The van der Waals surface area contributed by atoms with Crippen molar-refractivity contribution in [1.29, 1.82) is 0 Å². The summed E-state index contributed by atoms with van der Waals surface area (Å²) < 4.78 is 49.4. The first-order valence-electron chi connectivity index (χ1n) is 7.51. The van der Waals surface area contributed by atoms with Crippen LogP contribution in [0.1, 0.15) is 11.1 Å². The number of anilines is 3. The molecule has 2 N–H and O–H groups in total.